The van der Waals surface area contributed by atoms with Crippen molar-refractivity contribution in [3.8, 4) is 5.75 Å². The number of allylic oxidation sites excluding steroid dienone is 3. The van der Waals surface area contributed by atoms with E-state index in [2.05, 4.69) is 5.32 Å². The molecule has 36 heavy (non-hydrogen) atoms. The predicted octanol–water partition coefficient (Wildman–Crippen LogP) is 5.37. The highest BCUT2D eigenvalue weighted by molar-refractivity contribution is 7.95. The van der Waals surface area contributed by atoms with Gasteiger partial charge in [-0.3, -0.25) is 0 Å². The quantitative estimate of drug-likeness (QED) is 0.360. The zero-order valence-electron chi connectivity index (χ0n) is 21.3. The molecular formula is C27H32ClNO6S. The molecule has 0 fully saturated rings. The van der Waals surface area contributed by atoms with Gasteiger partial charge in [0, 0.05) is 16.4 Å². The van der Waals surface area contributed by atoms with Gasteiger partial charge < -0.3 is 19.5 Å². The molecule has 2 aromatic rings. The van der Waals surface area contributed by atoms with Crippen LogP contribution in [0.3, 0.4) is 0 Å². The van der Waals surface area contributed by atoms with Crippen LogP contribution in [0, 0.1) is 0 Å². The van der Waals surface area contributed by atoms with E-state index >= 15 is 0 Å². The Labute approximate surface area is 218 Å². The molecule has 1 atom stereocenters. The van der Waals surface area contributed by atoms with Gasteiger partial charge in [0.1, 0.15) is 12.4 Å². The number of halogens is 1. The predicted molar refractivity (Wildman–Crippen MR) is 140 cm³/mol. The lowest BCUT2D eigenvalue weighted by Gasteiger charge is -2.31. The molecule has 0 amide bonds. The number of sulfone groups is 1. The van der Waals surface area contributed by atoms with Crippen molar-refractivity contribution in [2.24, 2.45) is 0 Å². The molecule has 1 aliphatic rings. The number of carbonyl (C=O) groups is 1. The Hall–Kier alpha value is -2.81. The molecule has 0 bridgehead atoms. The Balaban J connectivity index is 1.99. The zero-order valence-corrected chi connectivity index (χ0v) is 22.9. The van der Waals surface area contributed by atoms with Gasteiger partial charge in [0.2, 0.25) is 9.84 Å². The average molecular weight is 534 g/mol. The summed E-state index contributed by atoms with van der Waals surface area (Å²) in [4.78, 5) is 12.9. The third-order valence-electron chi connectivity index (χ3n) is 5.63. The Kier molecular flexibility index (Phi) is 8.54. The second-order valence-corrected chi connectivity index (χ2v) is 11.7. The van der Waals surface area contributed by atoms with Gasteiger partial charge in [-0.05, 0) is 70.5 Å². The van der Waals surface area contributed by atoms with E-state index in [-0.39, 0.29) is 21.0 Å². The standard InChI is InChI=1S/C27H32ClNO6S/c1-17-23(26(30)33-6)24(21-9-7-8-10-22(21)28)25(18(2)29-17)36(31,32)20-13-11-19(12-14-20)34-15-16-35-27(3,4)5/h7-14,24,29H,15-16H2,1-6H3. The summed E-state index contributed by atoms with van der Waals surface area (Å²) in [6.07, 6.45) is 0. The van der Waals surface area contributed by atoms with Crippen LogP contribution < -0.4 is 10.1 Å². The molecule has 1 N–H and O–H groups in total. The lowest BCUT2D eigenvalue weighted by atomic mass is 9.86. The Morgan fingerprint density at radius 2 is 1.64 bits per heavy atom. The first kappa shape index (κ1) is 27.8. The minimum Gasteiger partial charge on any atom is -0.491 e. The number of esters is 1. The lowest BCUT2D eigenvalue weighted by Crippen LogP contribution is -2.31. The van der Waals surface area contributed by atoms with Crippen LogP contribution in [-0.2, 0) is 24.1 Å². The topological polar surface area (TPSA) is 90.9 Å². The summed E-state index contributed by atoms with van der Waals surface area (Å²) < 4.78 is 44.3. The van der Waals surface area contributed by atoms with Gasteiger partial charge >= 0.3 is 5.97 Å². The van der Waals surface area contributed by atoms with E-state index in [4.69, 9.17) is 25.8 Å². The van der Waals surface area contributed by atoms with Crippen LogP contribution in [0.4, 0.5) is 0 Å². The van der Waals surface area contributed by atoms with Crippen molar-refractivity contribution >= 4 is 27.4 Å². The third-order valence-corrected chi connectivity index (χ3v) is 7.99. The summed E-state index contributed by atoms with van der Waals surface area (Å²) in [5.41, 5.74) is 1.33. The van der Waals surface area contributed by atoms with E-state index in [1.807, 2.05) is 20.8 Å². The number of nitrogens with one attached hydrogen (secondary N) is 1. The molecule has 1 unspecified atom stereocenters. The maximum Gasteiger partial charge on any atom is 0.336 e. The van der Waals surface area contributed by atoms with E-state index in [0.29, 0.717) is 40.9 Å². The first-order chi connectivity index (χ1) is 16.9. The molecule has 1 heterocycles. The molecule has 0 radical (unpaired) electrons. The van der Waals surface area contributed by atoms with Crippen LogP contribution in [0.5, 0.6) is 5.75 Å². The maximum atomic E-state index is 14.0. The number of ether oxygens (including phenoxy) is 3. The van der Waals surface area contributed by atoms with Crippen molar-refractivity contribution in [1.29, 1.82) is 0 Å². The molecule has 0 aromatic heterocycles. The first-order valence-electron chi connectivity index (χ1n) is 11.5. The van der Waals surface area contributed by atoms with Crippen molar-refractivity contribution in [2.75, 3.05) is 20.3 Å². The van der Waals surface area contributed by atoms with Crippen molar-refractivity contribution in [1.82, 2.24) is 5.32 Å². The highest BCUT2D eigenvalue weighted by Gasteiger charge is 2.41. The van der Waals surface area contributed by atoms with Crippen LogP contribution in [0.25, 0.3) is 0 Å². The van der Waals surface area contributed by atoms with E-state index < -0.39 is 21.7 Å². The average Bonchev–Trinajstić information content (AvgIpc) is 2.81. The fraction of sp³-hybridized carbons (Fsp3) is 0.370. The van der Waals surface area contributed by atoms with Crippen molar-refractivity contribution < 1.29 is 27.4 Å². The minimum absolute atomic E-state index is 0.0360. The molecule has 0 spiro atoms. The smallest absolute Gasteiger partial charge is 0.336 e. The Morgan fingerprint density at radius 1 is 1.00 bits per heavy atom. The highest BCUT2D eigenvalue weighted by atomic mass is 35.5. The number of rotatable bonds is 8. The number of carbonyl (C=O) groups excluding carboxylic acids is 1. The second kappa shape index (κ2) is 11.1. The monoisotopic (exact) mass is 533 g/mol. The van der Waals surface area contributed by atoms with Gasteiger partial charge in [-0.15, -0.1) is 0 Å². The van der Waals surface area contributed by atoms with Crippen LogP contribution in [0.1, 0.15) is 46.1 Å². The summed E-state index contributed by atoms with van der Waals surface area (Å²) in [6.45, 7) is 9.99. The number of methoxy groups -OCH3 is 1. The minimum atomic E-state index is -4.05. The van der Waals surface area contributed by atoms with Crippen LogP contribution >= 0.6 is 11.6 Å². The van der Waals surface area contributed by atoms with Gasteiger partial charge in [-0.1, -0.05) is 29.8 Å². The molecule has 3 rings (SSSR count). The number of dihydropyridines is 1. The zero-order chi connectivity index (χ0) is 26.7. The Bertz CT molecular complexity index is 1290. The molecule has 7 nitrogen and oxygen atoms in total. The number of hydrogen-bond donors (Lipinski definition) is 1. The summed E-state index contributed by atoms with van der Waals surface area (Å²) in [5.74, 6) is -1.05. The van der Waals surface area contributed by atoms with E-state index in [0.717, 1.165) is 0 Å². The van der Waals surface area contributed by atoms with Crippen molar-refractivity contribution in [3.63, 3.8) is 0 Å². The molecule has 0 saturated heterocycles. The van der Waals surface area contributed by atoms with Gasteiger partial charge in [-0.2, -0.15) is 0 Å². The molecule has 194 valence electrons. The molecule has 2 aromatic carbocycles. The van der Waals surface area contributed by atoms with E-state index in [1.165, 1.54) is 19.2 Å². The largest absolute Gasteiger partial charge is 0.491 e. The summed E-state index contributed by atoms with van der Waals surface area (Å²) in [7, 11) is -2.79. The summed E-state index contributed by atoms with van der Waals surface area (Å²) >= 11 is 6.50. The number of benzene rings is 2. The van der Waals surface area contributed by atoms with Crippen LogP contribution in [0.2, 0.25) is 5.02 Å². The van der Waals surface area contributed by atoms with Gasteiger partial charge in [0.15, 0.2) is 0 Å². The fourth-order valence-electron chi connectivity index (χ4n) is 4.07. The van der Waals surface area contributed by atoms with E-state index in [1.54, 1.807) is 50.2 Å². The lowest BCUT2D eigenvalue weighted by molar-refractivity contribution is -0.136. The maximum absolute atomic E-state index is 14.0. The normalized spacial score (nSPS) is 16.6. The van der Waals surface area contributed by atoms with Gasteiger partial charge in [0.25, 0.3) is 0 Å². The Morgan fingerprint density at radius 3 is 2.22 bits per heavy atom. The van der Waals surface area contributed by atoms with Crippen LogP contribution in [0.15, 0.2) is 75.3 Å². The van der Waals surface area contributed by atoms with E-state index in [9.17, 15) is 13.2 Å². The number of hydrogen-bond acceptors (Lipinski definition) is 7. The second-order valence-electron chi connectivity index (χ2n) is 9.38. The molecular weight excluding hydrogens is 502 g/mol. The first-order valence-corrected chi connectivity index (χ1v) is 13.4. The summed E-state index contributed by atoms with van der Waals surface area (Å²) in [6, 6.07) is 13.1. The third kappa shape index (κ3) is 6.11. The van der Waals surface area contributed by atoms with Gasteiger partial charge in [0.05, 0.1) is 40.6 Å². The molecule has 0 saturated carbocycles. The van der Waals surface area contributed by atoms with Crippen LogP contribution in [-0.4, -0.2) is 40.3 Å². The fourth-order valence-corrected chi connectivity index (χ4v) is 6.07. The van der Waals surface area contributed by atoms with Crippen molar-refractivity contribution in [2.45, 2.75) is 51.0 Å². The molecule has 9 heteroatoms. The molecule has 1 aliphatic heterocycles. The highest BCUT2D eigenvalue weighted by Crippen LogP contribution is 2.45. The van der Waals surface area contributed by atoms with Gasteiger partial charge in [-0.25, -0.2) is 13.2 Å². The van der Waals surface area contributed by atoms with Crippen molar-refractivity contribution in [3.05, 3.63) is 81.0 Å². The SMILES string of the molecule is COC(=O)C1=C(C)NC(C)=C(S(=O)(=O)c2ccc(OCCOC(C)(C)C)cc2)C1c1ccccc1Cl. The molecule has 0 aliphatic carbocycles. The summed E-state index contributed by atoms with van der Waals surface area (Å²) in [5, 5.41) is 3.39.